The number of methoxy groups -OCH3 is 3. The number of carbonyl (C=O) groups is 1. The number of hydrazone groups is 1. The van der Waals surface area contributed by atoms with Crippen molar-refractivity contribution in [2.45, 2.75) is 13.3 Å². The fourth-order valence-electron chi connectivity index (χ4n) is 2.24. The maximum Gasteiger partial charge on any atom is 0.267 e. The van der Waals surface area contributed by atoms with Gasteiger partial charge in [0.2, 0.25) is 11.7 Å². The first-order valence-electron chi connectivity index (χ1n) is 7.38. The zero-order valence-corrected chi connectivity index (χ0v) is 14.4. The van der Waals surface area contributed by atoms with Gasteiger partial charge in [0.1, 0.15) is 0 Å². The number of carbonyl (C=O) groups excluding carboxylic acids is 1. The van der Waals surface area contributed by atoms with Gasteiger partial charge in [0, 0.05) is 16.8 Å². The van der Waals surface area contributed by atoms with Crippen LogP contribution in [0.4, 0.5) is 0 Å². The maximum absolute atomic E-state index is 11.9. The van der Waals surface area contributed by atoms with E-state index in [1.165, 1.54) is 27.5 Å². The Balaban J connectivity index is 2.09. The van der Waals surface area contributed by atoms with Crippen molar-refractivity contribution in [2.75, 3.05) is 21.3 Å². The summed E-state index contributed by atoms with van der Waals surface area (Å²) in [5.41, 5.74) is 3.70. The Labute approximate surface area is 144 Å². The molecule has 0 unspecified atom stereocenters. The van der Waals surface area contributed by atoms with Gasteiger partial charge in [-0.1, -0.05) is 0 Å². The van der Waals surface area contributed by atoms with Gasteiger partial charge in [0.05, 0.1) is 34.0 Å². The molecule has 0 spiro atoms. The average molecular weight is 348 g/mol. The van der Waals surface area contributed by atoms with Crippen LogP contribution in [-0.2, 0) is 11.2 Å². The first-order valence-corrected chi connectivity index (χ1v) is 7.38. The number of aryl methyl sites for hydroxylation is 1. The Morgan fingerprint density at radius 1 is 1.16 bits per heavy atom. The van der Waals surface area contributed by atoms with Crippen LogP contribution in [-0.4, -0.2) is 43.6 Å². The highest BCUT2D eigenvalue weighted by Crippen LogP contribution is 2.37. The van der Waals surface area contributed by atoms with E-state index >= 15 is 0 Å². The van der Waals surface area contributed by atoms with Crippen molar-refractivity contribution in [2.24, 2.45) is 5.10 Å². The summed E-state index contributed by atoms with van der Waals surface area (Å²) in [6.07, 6.45) is 1.37. The number of aromatic amines is 2. The van der Waals surface area contributed by atoms with E-state index in [0.29, 0.717) is 34.1 Å². The number of benzene rings is 1. The van der Waals surface area contributed by atoms with Crippen molar-refractivity contribution in [3.8, 4) is 17.2 Å². The minimum Gasteiger partial charge on any atom is -0.493 e. The van der Waals surface area contributed by atoms with Gasteiger partial charge in [-0.2, -0.15) is 5.10 Å². The molecule has 134 valence electrons. The summed E-state index contributed by atoms with van der Waals surface area (Å²) in [4.78, 5) is 23.4. The highest BCUT2D eigenvalue weighted by Gasteiger charge is 2.13. The second kappa shape index (κ2) is 8.04. The molecule has 3 N–H and O–H groups in total. The summed E-state index contributed by atoms with van der Waals surface area (Å²) < 4.78 is 15.7. The van der Waals surface area contributed by atoms with E-state index in [9.17, 15) is 9.59 Å². The Morgan fingerprint density at radius 2 is 1.80 bits per heavy atom. The highest BCUT2D eigenvalue weighted by molar-refractivity contribution is 5.85. The monoisotopic (exact) mass is 348 g/mol. The number of nitrogens with one attached hydrogen (secondary N) is 3. The molecular formula is C16H20N4O5. The quantitative estimate of drug-likeness (QED) is 0.504. The molecule has 0 fully saturated rings. The smallest absolute Gasteiger partial charge is 0.267 e. The molecule has 0 radical (unpaired) electrons. The molecule has 0 aliphatic carbocycles. The van der Waals surface area contributed by atoms with Crippen LogP contribution < -0.4 is 25.2 Å². The van der Waals surface area contributed by atoms with Gasteiger partial charge in [-0.05, 0) is 19.1 Å². The van der Waals surface area contributed by atoms with Gasteiger partial charge in [-0.25, -0.2) is 5.43 Å². The number of rotatable bonds is 7. The van der Waals surface area contributed by atoms with E-state index in [1.54, 1.807) is 19.1 Å². The van der Waals surface area contributed by atoms with Gasteiger partial charge in [-0.15, -0.1) is 0 Å². The molecule has 0 aliphatic heterocycles. The highest BCUT2D eigenvalue weighted by atomic mass is 16.5. The standard InChI is InChI=1S/C16H20N4O5/c1-9-11(16(22)20-18-9)7-14(21)19-17-8-10-5-12(23-2)15(25-4)13(6-10)24-3/h5-6,8H,7H2,1-4H3,(H,19,21)(H2,18,20,22). The Hall–Kier alpha value is -3.23. The van der Waals surface area contributed by atoms with Gasteiger partial charge in [-0.3, -0.25) is 14.7 Å². The van der Waals surface area contributed by atoms with E-state index in [1.807, 2.05) is 0 Å². The second-order valence-corrected chi connectivity index (χ2v) is 5.11. The van der Waals surface area contributed by atoms with Crippen molar-refractivity contribution < 1.29 is 19.0 Å². The molecule has 0 saturated heterocycles. The topological polar surface area (TPSA) is 118 Å². The molecule has 2 aromatic rings. The van der Waals surface area contributed by atoms with Crippen LogP contribution in [0.3, 0.4) is 0 Å². The van der Waals surface area contributed by atoms with Gasteiger partial charge in [0.15, 0.2) is 11.5 Å². The van der Waals surface area contributed by atoms with Crippen LogP contribution in [0, 0.1) is 6.92 Å². The lowest BCUT2D eigenvalue weighted by atomic mass is 10.2. The van der Waals surface area contributed by atoms with Crippen LogP contribution >= 0.6 is 0 Å². The minimum absolute atomic E-state index is 0.0722. The van der Waals surface area contributed by atoms with E-state index in [0.717, 1.165) is 0 Å². The summed E-state index contributed by atoms with van der Waals surface area (Å²) in [6.45, 7) is 1.71. The summed E-state index contributed by atoms with van der Waals surface area (Å²) in [6, 6.07) is 3.38. The van der Waals surface area contributed by atoms with Crippen molar-refractivity contribution in [1.82, 2.24) is 15.6 Å². The largest absolute Gasteiger partial charge is 0.493 e. The Bertz CT molecular complexity index is 812. The molecule has 0 aliphatic rings. The number of aromatic nitrogens is 2. The maximum atomic E-state index is 11.9. The molecule has 1 heterocycles. The normalized spacial score (nSPS) is 10.7. The molecule has 2 rings (SSSR count). The third kappa shape index (κ3) is 4.19. The zero-order valence-electron chi connectivity index (χ0n) is 14.4. The first-order chi connectivity index (χ1) is 12.0. The summed E-state index contributed by atoms with van der Waals surface area (Å²) in [5.74, 6) is 1.01. The lowest BCUT2D eigenvalue weighted by Gasteiger charge is -2.12. The third-order valence-electron chi connectivity index (χ3n) is 3.52. The number of ether oxygens (including phenoxy) is 3. The molecule has 0 bridgehead atoms. The molecule has 25 heavy (non-hydrogen) atoms. The predicted molar refractivity (Wildman–Crippen MR) is 91.7 cm³/mol. The fourth-order valence-corrected chi connectivity index (χ4v) is 2.24. The fraction of sp³-hybridized carbons (Fsp3) is 0.312. The lowest BCUT2D eigenvalue weighted by molar-refractivity contribution is -0.120. The van der Waals surface area contributed by atoms with E-state index in [2.05, 4.69) is 20.7 Å². The molecule has 9 nitrogen and oxygen atoms in total. The number of amides is 1. The van der Waals surface area contributed by atoms with Crippen LogP contribution in [0.1, 0.15) is 16.8 Å². The Kier molecular flexibility index (Phi) is 5.83. The number of hydrogen-bond acceptors (Lipinski definition) is 6. The second-order valence-electron chi connectivity index (χ2n) is 5.11. The first kappa shape index (κ1) is 18.1. The van der Waals surface area contributed by atoms with E-state index in [-0.39, 0.29) is 12.0 Å². The van der Waals surface area contributed by atoms with E-state index in [4.69, 9.17) is 14.2 Å². The number of hydrogen-bond donors (Lipinski definition) is 3. The van der Waals surface area contributed by atoms with Gasteiger partial charge < -0.3 is 19.3 Å². The number of H-pyrrole nitrogens is 2. The molecular weight excluding hydrogens is 328 g/mol. The summed E-state index contributed by atoms with van der Waals surface area (Å²) in [5, 5.41) is 8.98. The van der Waals surface area contributed by atoms with Crippen LogP contribution in [0.25, 0.3) is 0 Å². The van der Waals surface area contributed by atoms with Crippen LogP contribution in [0.15, 0.2) is 22.0 Å². The number of nitrogens with zero attached hydrogens (tertiary/aromatic N) is 1. The van der Waals surface area contributed by atoms with Crippen molar-refractivity contribution in [3.63, 3.8) is 0 Å². The van der Waals surface area contributed by atoms with Crippen molar-refractivity contribution in [3.05, 3.63) is 39.3 Å². The van der Waals surface area contributed by atoms with Crippen LogP contribution in [0.2, 0.25) is 0 Å². The predicted octanol–water partition coefficient (Wildman–Crippen LogP) is 0.730. The summed E-state index contributed by atoms with van der Waals surface area (Å²) >= 11 is 0. The summed E-state index contributed by atoms with van der Waals surface area (Å²) in [7, 11) is 4.53. The molecule has 0 saturated carbocycles. The average Bonchev–Trinajstić information content (AvgIpc) is 2.92. The van der Waals surface area contributed by atoms with Crippen molar-refractivity contribution >= 4 is 12.1 Å². The molecule has 1 aromatic carbocycles. The third-order valence-corrected chi connectivity index (χ3v) is 3.52. The molecule has 0 atom stereocenters. The van der Waals surface area contributed by atoms with E-state index < -0.39 is 5.91 Å². The molecule has 9 heteroatoms. The lowest BCUT2D eigenvalue weighted by Crippen LogP contribution is -2.23. The SMILES string of the molecule is COc1cc(C=NNC(=O)Cc2c(C)[nH][nH]c2=O)cc(OC)c1OC. The zero-order chi connectivity index (χ0) is 18.4. The van der Waals surface area contributed by atoms with Crippen molar-refractivity contribution in [1.29, 1.82) is 0 Å². The molecule has 1 amide bonds. The minimum atomic E-state index is -0.406. The Morgan fingerprint density at radius 3 is 2.28 bits per heavy atom. The van der Waals surface area contributed by atoms with Crippen LogP contribution in [0.5, 0.6) is 17.2 Å². The van der Waals surface area contributed by atoms with Gasteiger partial charge in [0.25, 0.3) is 5.56 Å². The molecule has 1 aromatic heterocycles. The van der Waals surface area contributed by atoms with Gasteiger partial charge >= 0.3 is 0 Å².